The summed E-state index contributed by atoms with van der Waals surface area (Å²) >= 11 is 1.24. The first-order chi connectivity index (χ1) is 10.9. The summed E-state index contributed by atoms with van der Waals surface area (Å²) in [6, 6.07) is 9.77. The van der Waals surface area contributed by atoms with E-state index in [2.05, 4.69) is 10.9 Å². The number of hydrogen-bond donors (Lipinski definition) is 2. The minimum Gasteiger partial charge on any atom is -0.273 e. The number of carbonyl (C=O) groups excluding carboxylic acids is 2. The van der Waals surface area contributed by atoms with Crippen molar-refractivity contribution < 1.29 is 18.0 Å². The van der Waals surface area contributed by atoms with Crippen LogP contribution in [0.3, 0.4) is 0 Å². The van der Waals surface area contributed by atoms with Crippen molar-refractivity contribution in [2.75, 3.05) is 5.75 Å². The van der Waals surface area contributed by atoms with Gasteiger partial charge in [-0.3, -0.25) is 20.4 Å². The molecule has 0 aliphatic carbocycles. The third kappa shape index (κ3) is 4.90. The maximum absolute atomic E-state index is 12.1. The van der Waals surface area contributed by atoms with Crippen LogP contribution in [-0.2, 0) is 14.6 Å². The lowest BCUT2D eigenvalue weighted by Gasteiger charge is -2.07. The Morgan fingerprint density at radius 3 is 2.39 bits per heavy atom. The van der Waals surface area contributed by atoms with Crippen molar-refractivity contribution in [3.05, 3.63) is 52.2 Å². The molecule has 0 saturated carbocycles. The molecule has 1 aromatic carbocycles. The van der Waals surface area contributed by atoms with Crippen LogP contribution in [0.2, 0.25) is 0 Å². The molecule has 2 aromatic rings. The number of rotatable bonds is 5. The standard InChI is InChI=1S/C15H16N2O4S2/c1-11-4-6-12(7-5-11)23(20,21)10-8-14(18)16-17-15(19)13-3-2-9-22-13/h2-7,9H,8,10H2,1H3,(H,16,18)(H,17,19). The Morgan fingerprint density at radius 1 is 1.09 bits per heavy atom. The minimum atomic E-state index is -3.53. The molecular weight excluding hydrogens is 336 g/mol. The number of sulfone groups is 1. The zero-order chi connectivity index (χ0) is 16.9. The number of thiophene rings is 1. The van der Waals surface area contributed by atoms with E-state index in [-0.39, 0.29) is 17.1 Å². The smallest absolute Gasteiger partial charge is 0.273 e. The van der Waals surface area contributed by atoms with E-state index in [1.54, 1.807) is 29.6 Å². The molecule has 0 spiro atoms. The van der Waals surface area contributed by atoms with Crippen LogP contribution in [0.4, 0.5) is 0 Å². The summed E-state index contributed by atoms with van der Waals surface area (Å²) in [7, 11) is -3.53. The first-order valence-corrected chi connectivity index (χ1v) is 9.34. The Hall–Kier alpha value is -2.19. The van der Waals surface area contributed by atoms with Gasteiger partial charge in [-0.05, 0) is 30.5 Å². The van der Waals surface area contributed by atoms with Crippen LogP contribution in [0, 0.1) is 6.92 Å². The van der Waals surface area contributed by atoms with Crippen LogP contribution in [0.15, 0.2) is 46.7 Å². The van der Waals surface area contributed by atoms with Gasteiger partial charge in [-0.1, -0.05) is 23.8 Å². The summed E-state index contributed by atoms with van der Waals surface area (Å²) in [5.74, 6) is -1.32. The van der Waals surface area contributed by atoms with Crippen LogP contribution < -0.4 is 10.9 Å². The molecule has 0 aliphatic rings. The number of amides is 2. The van der Waals surface area contributed by atoms with Crippen molar-refractivity contribution in [1.82, 2.24) is 10.9 Å². The van der Waals surface area contributed by atoms with Gasteiger partial charge in [0.05, 0.1) is 15.5 Å². The summed E-state index contributed by atoms with van der Waals surface area (Å²) < 4.78 is 24.2. The van der Waals surface area contributed by atoms with Gasteiger partial charge in [0, 0.05) is 6.42 Å². The highest BCUT2D eigenvalue weighted by molar-refractivity contribution is 7.91. The lowest BCUT2D eigenvalue weighted by atomic mass is 10.2. The van der Waals surface area contributed by atoms with Gasteiger partial charge in [0.25, 0.3) is 5.91 Å². The SMILES string of the molecule is Cc1ccc(S(=O)(=O)CCC(=O)NNC(=O)c2cccs2)cc1. The predicted molar refractivity (Wildman–Crippen MR) is 87.8 cm³/mol. The normalized spacial score (nSPS) is 11.0. The highest BCUT2D eigenvalue weighted by Crippen LogP contribution is 2.13. The van der Waals surface area contributed by atoms with Crippen LogP contribution in [0.1, 0.15) is 21.7 Å². The van der Waals surface area contributed by atoms with E-state index in [0.29, 0.717) is 4.88 Å². The zero-order valence-electron chi connectivity index (χ0n) is 12.4. The number of hydrazine groups is 1. The fraction of sp³-hybridized carbons (Fsp3) is 0.200. The Kier molecular flexibility index (Phi) is 5.51. The predicted octanol–water partition coefficient (Wildman–Crippen LogP) is 1.68. The van der Waals surface area contributed by atoms with Crippen molar-refractivity contribution in [3.63, 3.8) is 0 Å². The first-order valence-electron chi connectivity index (χ1n) is 6.80. The summed E-state index contributed by atoms with van der Waals surface area (Å²) in [5.41, 5.74) is 5.41. The van der Waals surface area contributed by atoms with Crippen LogP contribution in [0.25, 0.3) is 0 Å². The van der Waals surface area contributed by atoms with Gasteiger partial charge in [0.2, 0.25) is 5.91 Å². The van der Waals surface area contributed by atoms with Gasteiger partial charge in [0.15, 0.2) is 9.84 Å². The molecule has 23 heavy (non-hydrogen) atoms. The van der Waals surface area contributed by atoms with E-state index in [4.69, 9.17) is 0 Å². The van der Waals surface area contributed by atoms with E-state index >= 15 is 0 Å². The third-order valence-electron chi connectivity index (χ3n) is 3.04. The molecule has 2 rings (SSSR count). The van der Waals surface area contributed by atoms with Crippen LogP contribution >= 0.6 is 11.3 Å². The van der Waals surface area contributed by atoms with Crippen LogP contribution in [0.5, 0.6) is 0 Å². The molecule has 2 amide bonds. The van der Waals surface area contributed by atoms with Gasteiger partial charge in [-0.15, -0.1) is 11.3 Å². The van der Waals surface area contributed by atoms with Gasteiger partial charge in [-0.25, -0.2) is 8.42 Å². The molecule has 0 atom stereocenters. The number of benzene rings is 1. The second-order valence-electron chi connectivity index (χ2n) is 4.86. The fourth-order valence-electron chi connectivity index (χ4n) is 1.75. The molecular formula is C15H16N2O4S2. The molecule has 6 nitrogen and oxygen atoms in total. The lowest BCUT2D eigenvalue weighted by molar-refractivity contribution is -0.121. The minimum absolute atomic E-state index is 0.179. The van der Waals surface area contributed by atoms with E-state index in [1.807, 2.05) is 6.92 Å². The van der Waals surface area contributed by atoms with Gasteiger partial charge >= 0.3 is 0 Å². The van der Waals surface area contributed by atoms with Gasteiger partial charge < -0.3 is 0 Å². The molecule has 0 radical (unpaired) electrons. The van der Waals surface area contributed by atoms with E-state index in [9.17, 15) is 18.0 Å². The molecule has 0 bridgehead atoms. The van der Waals surface area contributed by atoms with Gasteiger partial charge in [0.1, 0.15) is 0 Å². The first kappa shape index (κ1) is 17.2. The number of carbonyl (C=O) groups is 2. The second-order valence-corrected chi connectivity index (χ2v) is 7.92. The monoisotopic (exact) mass is 352 g/mol. The molecule has 0 fully saturated rings. The zero-order valence-corrected chi connectivity index (χ0v) is 14.0. The molecule has 0 saturated heterocycles. The Labute approximate surface area is 138 Å². The largest absolute Gasteiger partial charge is 0.279 e. The quantitative estimate of drug-likeness (QED) is 0.801. The maximum Gasteiger partial charge on any atom is 0.279 e. The highest BCUT2D eigenvalue weighted by atomic mass is 32.2. The van der Waals surface area contributed by atoms with Crippen molar-refractivity contribution in [2.24, 2.45) is 0 Å². The highest BCUT2D eigenvalue weighted by Gasteiger charge is 2.16. The van der Waals surface area contributed by atoms with Crippen LogP contribution in [-0.4, -0.2) is 26.0 Å². The lowest BCUT2D eigenvalue weighted by Crippen LogP contribution is -2.41. The molecule has 8 heteroatoms. The molecule has 1 aromatic heterocycles. The number of nitrogens with one attached hydrogen (secondary N) is 2. The number of aryl methyl sites for hydroxylation is 1. The van der Waals surface area contributed by atoms with Crippen molar-refractivity contribution in [2.45, 2.75) is 18.2 Å². The van der Waals surface area contributed by atoms with Crippen molar-refractivity contribution in [1.29, 1.82) is 0 Å². The topological polar surface area (TPSA) is 92.3 Å². The average molecular weight is 352 g/mol. The van der Waals surface area contributed by atoms with E-state index in [0.717, 1.165) is 5.56 Å². The third-order valence-corrected chi connectivity index (χ3v) is 5.64. The Morgan fingerprint density at radius 2 is 1.78 bits per heavy atom. The van der Waals surface area contributed by atoms with E-state index in [1.165, 1.54) is 23.5 Å². The summed E-state index contributed by atoms with van der Waals surface area (Å²) in [5, 5.41) is 1.74. The second kappa shape index (κ2) is 7.38. The van der Waals surface area contributed by atoms with Gasteiger partial charge in [-0.2, -0.15) is 0 Å². The molecule has 0 aliphatic heterocycles. The van der Waals surface area contributed by atoms with E-state index < -0.39 is 21.7 Å². The summed E-state index contributed by atoms with van der Waals surface area (Å²) in [6.45, 7) is 1.86. The summed E-state index contributed by atoms with van der Waals surface area (Å²) in [6.07, 6.45) is -0.235. The fourth-order valence-corrected chi connectivity index (χ4v) is 3.61. The Bertz CT molecular complexity index is 781. The molecule has 122 valence electrons. The number of hydrogen-bond acceptors (Lipinski definition) is 5. The van der Waals surface area contributed by atoms with Crippen molar-refractivity contribution in [3.8, 4) is 0 Å². The summed E-state index contributed by atoms with van der Waals surface area (Å²) in [4.78, 5) is 23.9. The molecule has 1 heterocycles. The maximum atomic E-state index is 12.1. The molecule has 2 N–H and O–H groups in total. The van der Waals surface area contributed by atoms with Crippen molar-refractivity contribution >= 4 is 33.0 Å². The Balaban J connectivity index is 1.84. The average Bonchev–Trinajstić information content (AvgIpc) is 3.05. The molecule has 0 unspecified atom stereocenters.